The van der Waals surface area contributed by atoms with E-state index in [9.17, 15) is 0 Å². The van der Waals surface area contributed by atoms with Gasteiger partial charge in [-0.05, 0) is 135 Å². The Morgan fingerprint density at radius 2 is 0.771 bits per heavy atom. The lowest BCUT2D eigenvalue weighted by molar-refractivity contribution is 0.793. The third-order valence-corrected chi connectivity index (χ3v) is 14.8. The van der Waals surface area contributed by atoms with Crippen LogP contribution in [0.5, 0.6) is 0 Å². The Kier molecular flexibility index (Phi) is 9.11. The third-order valence-electron chi connectivity index (χ3n) is 14.8. The van der Waals surface area contributed by atoms with E-state index in [2.05, 4.69) is 287 Å². The van der Waals surface area contributed by atoms with Gasteiger partial charge >= 0.3 is 0 Å². The molecule has 3 heteroatoms. The number of rotatable bonds is 8. The highest BCUT2D eigenvalue weighted by molar-refractivity contribution is 6.11. The summed E-state index contributed by atoms with van der Waals surface area (Å²) in [6, 6.07) is 100. The fourth-order valence-corrected chi connectivity index (χ4v) is 11.9. The van der Waals surface area contributed by atoms with Gasteiger partial charge in [0.1, 0.15) is 0 Å². The maximum atomic E-state index is 2.51. The van der Waals surface area contributed by atoms with E-state index in [4.69, 9.17) is 0 Å². The van der Waals surface area contributed by atoms with Gasteiger partial charge in [-0.25, -0.2) is 0 Å². The molecule has 328 valence electrons. The Bertz CT molecular complexity index is 3920. The Labute approximate surface area is 408 Å². The second-order valence-corrected chi connectivity index (χ2v) is 18.4. The molecule has 1 atom stereocenters. The van der Waals surface area contributed by atoms with E-state index in [1.807, 2.05) is 0 Å². The van der Waals surface area contributed by atoms with Crippen LogP contribution in [0.4, 0.5) is 34.1 Å². The van der Waals surface area contributed by atoms with Crippen LogP contribution in [0, 0.1) is 0 Å². The zero-order valence-electron chi connectivity index (χ0n) is 38.3. The maximum Gasteiger partial charge on any atom is 0.0746 e. The van der Waals surface area contributed by atoms with Crippen molar-refractivity contribution < 1.29 is 0 Å². The molecule has 0 radical (unpaired) electrons. The second-order valence-electron chi connectivity index (χ2n) is 18.4. The van der Waals surface area contributed by atoms with Crippen molar-refractivity contribution in [1.29, 1.82) is 0 Å². The van der Waals surface area contributed by atoms with E-state index in [1.165, 1.54) is 71.9 Å². The van der Waals surface area contributed by atoms with E-state index in [1.54, 1.807) is 0 Å². The first-order valence-corrected chi connectivity index (χ1v) is 24.2. The molecule has 1 heterocycles. The largest absolute Gasteiger partial charge is 0.310 e. The van der Waals surface area contributed by atoms with Crippen molar-refractivity contribution >= 4 is 55.9 Å². The molecule has 70 heavy (non-hydrogen) atoms. The minimum absolute atomic E-state index is 0.653. The quantitative estimate of drug-likeness (QED) is 0.151. The minimum Gasteiger partial charge on any atom is -0.310 e. The summed E-state index contributed by atoms with van der Waals surface area (Å²) in [6.07, 6.45) is 0. The number of hydrogen-bond donors (Lipinski definition) is 0. The van der Waals surface area contributed by atoms with Crippen LogP contribution in [0.2, 0.25) is 0 Å². The lowest BCUT2D eigenvalue weighted by Crippen LogP contribution is -2.28. The van der Waals surface area contributed by atoms with Gasteiger partial charge in [0.25, 0.3) is 0 Å². The van der Waals surface area contributed by atoms with E-state index in [0.29, 0.717) is 0 Å². The predicted molar refractivity (Wildman–Crippen MR) is 292 cm³/mol. The van der Waals surface area contributed by atoms with E-state index < -0.39 is 5.41 Å². The normalized spacial score (nSPS) is 14.1. The van der Waals surface area contributed by atoms with Gasteiger partial charge in [-0.1, -0.05) is 188 Å². The molecule has 0 N–H and O–H groups in total. The van der Waals surface area contributed by atoms with Crippen LogP contribution in [-0.2, 0) is 5.41 Å². The van der Waals surface area contributed by atoms with Crippen molar-refractivity contribution in [3.05, 3.63) is 295 Å². The monoisotopic (exact) mass is 891 g/mol. The fraction of sp³-hybridized carbons (Fsp3) is 0.0149. The number of aromatic nitrogens is 1. The molecular weight excluding hydrogens is 847 g/mol. The Balaban J connectivity index is 1.03. The molecule has 1 spiro atoms. The summed E-state index contributed by atoms with van der Waals surface area (Å²) in [5.74, 6) is 0. The Hall–Kier alpha value is -9.18. The zero-order valence-corrected chi connectivity index (χ0v) is 38.3. The molecule has 3 nitrogen and oxygen atoms in total. The van der Waals surface area contributed by atoms with Gasteiger partial charge in [0, 0.05) is 50.5 Å². The molecule has 0 fully saturated rings. The highest BCUT2D eigenvalue weighted by atomic mass is 15.2. The van der Waals surface area contributed by atoms with Gasteiger partial charge in [0.15, 0.2) is 0 Å². The number of hydrogen-bond acceptors (Lipinski definition) is 2. The SMILES string of the molecule is c1ccc(-c2ccc(N(c3ccccc3)c3ccc4c(c3)C3(c5ccccc5-4)c4ccccc4-c4cccc(N(c5ccccc5)c5ccc6c7ccccc7n(-c7ccccc7)c6c5)c43)cc2)cc1. The summed E-state index contributed by atoms with van der Waals surface area (Å²) in [6.45, 7) is 0. The number of anilines is 6. The van der Waals surface area contributed by atoms with Crippen molar-refractivity contribution in [2.45, 2.75) is 5.41 Å². The molecule has 0 amide bonds. The minimum atomic E-state index is -0.653. The molecule has 2 aliphatic rings. The van der Waals surface area contributed by atoms with Gasteiger partial charge in [-0.2, -0.15) is 0 Å². The predicted octanol–water partition coefficient (Wildman–Crippen LogP) is 17.7. The van der Waals surface area contributed by atoms with Crippen LogP contribution in [0.1, 0.15) is 22.3 Å². The summed E-state index contributed by atoms with van der Waals surface area (Å²) in [5, 5.41) is 2.46. The molecule has 1 unspecified atom stereocenters. The Morgan fingerprint density at radius 1 is 0.286 bits per heavy atom. The van der Waals surface area contributed by atoms with Crippen LogP contribution in [0.15, 0.2) is 273 Å². The number of fused-ring (bicyclic) bond motifs is 13. The van der Waals surface area contributed by atoms with Crippen LogP contribution in [0.25, 0.3) is 60.9 Å². The first-order valence-electron chi connectivity index (χ1n) is 24.2. The van der Waals surface area contributed by atoms with Crippen molar-refractivity contribution in [2.75, 3.05) is 9.80 Å². The summed E-state index contributed by atoms with van der Waals surface area (Å²) < 4.78 is 2.42. The average molecular weight is 892 g/mol. The highest BCUT2D eigenvalue weighted by Gasteiger charge is 2.53. The molecule has 0 aliphatic heterocycles. The molecule has 14 rings (SSSR count). The van der Waals surface area contributed by atoms with Gasteiger partial charge in [-0.3, -0.25) is 0 Å². The number of benzene rings is 11. The maximum absolute atomic E-state index is 2.51. The van der Waals surface area contributed by atoms with Crippen molar-refractivity contribution in [3.8, 4) is 39.1 Å². The van der Waals surface area contributed by atoms with Crippen LogP contribution in [0.3, 0.4) is 0 Å². The highest BCUT2D eigenvalue weighted by Crippen LogP contribution is 2.66. The molecule has 2 aliphatic carbocycles. The van der Waals surface area contributed by atoms with Crippen LogP contribution in [-0.4, -0.2) is 4.57 Å². The lowest BCUT2D eigenvalue weighted by Gasteiger charge is -2.36. The summed E-state index contributed by atoms with van der Waals surface area (Å²) in [5.41, 5.74) is 22.0. The lowest BCUT2D eigenvalue weighted by atomic mass is 9.69. The van der Waals surface area contributed by atoms with Crippen molar-refractivity contribution in [1.82, 2.24) is 4.57 Å². The van der Waals surface area contributed by atoms with Crippen LogP contribution >= 0.6 is 0 Å². The number of para-hydroxylation sites is 4. The molecule has 1 aromatic heterocycles. The summed E-state index contributed by atoms with van der Waals surface area (Å²) >= 11 is 0. The Morgan fingerprint density at radius 3 is 1.49 bits per heavy atom. The van der Waals surface area contributed by atoms with E-state index >= 15 is 0 Å². The van der Waals surface area contributed by atoms with Crippen molar-refractivity contribution in [3.63, 3.8) is 0 Å². The van der Waals surface area contributed by atoms with Crippen molar-refractivity contribution in [2.24, 2.45) is 0 Å². The molecule has 0 saturated heterocycles. The molecular formula is C67H45N3. The zero-order chi connectivity index (χ0) is 46.2. The topological polar surface area (TPSA) is 11.4 Å². The molecule has 11 aromatic carbocycles. The number of nitrogens with zero attached hydrogens (tertiary/aromatic N) is 3. The van der Waals surface area contributed by atoms with Gasteiger partial charge in [0.2, 0.25) is 0 Å². The summed E-state index contributed by atoms with van der Waals surface area (Å²) in [7, 11) is 0. The fourth-order valence-electron chi connectivity index (χ4n) is 11.9. The van der Waals surface area contributed by atoms with E-state index in [0.717, 1.165) is 45.3 Å². The molecule has 0 bridgehead atoms. The first kappa shape index (κ1) is 39.9. The second kappa shape index (κ2) is 16.0. The first-order chi connectivity index (χ1) is 34.8. The summed E-state index contributed by atoms with van der Waals surface area (Å²) in [4.78, 5) is 4.92. The smallest absolute Gasteiger partial charge is 0.0746 e. The van der Waals surface area contributed by atoms with Gasteiger partial charge in [-0.15, -0.1) is 0 Å². The molecule has 12 aromatic rings. The third kappa shape index (κ3) is 5.95. The van der Waals surface area contributed by atoms with Gasteiger partial charge < -0.3 is 14.4 Å². The average Bonchev–Trinajstić information content (AvgIpc) is 4.04. The van der Waals surface area contributed by atoms with Crippen LogP contribution < -0.4 is 9.80 Å². The van der Waals surface area contributed by atoms with Gasteiger partial charge in [0.05, 0.1) is 22.1 Å². The van der Waals surface area contributed by atoms with E-state index in [-0.39, 0.29) is 0 Å². The molecule has 0 saturated carbocycles. The standard InChI is InChI=1S/C67H45N3/c1-5-20-46(21-6-1)47-36-38-51(39-37-47)68(48-22-7-2-8-23-48)52-40-42-56-54-28-13-16-32-60(54)67(62(56)44-52)61-33-17-14-29-55(61)59-31-19-35-64(66(59)67)69(49-24-9-3-10-25-49)53-41-43-58-57-30-15-18-34-63(57)70(65(58)45-53)50-26-11-4-12-27-50/h1-45H.